The first-order valence-corrected chi connectivity index (χ1v) is 41.5. The molecule has 20 aromatic carbocycles. The molecule has 0 fully saturated rings. The molecule has 5 nitrogen and oxygen atoms in total. The molecule has 5 heteroatoms. The van der Waals surface area contributed by atoms with Crippen LogP contribution in [0.2, 0.25) is 0 Å². The molecule has 5 heterocycles. The van der Waals surface area contributed by atoms with Crippen molar-refractivity contribution in [2.75, 3.05) is 0 Å². The van der Waals surface area contributed by atoms with Crippen LogP contribution in [0.4, 0.5) is 0 Å². The van der Waals surface area contributed by atoms with E-state index in [0.29, 0.717) is 0 Å². The van der Waals surface area contributed by atoms with Gasteiger partial charge < -0.3 is 22.8 Å². The third kappa shape index (κ3) is 12.9. The molecule has 25 aromatic rings. The van der Waals surface area contributed by atoms with Crippen LogP contribution >= 0.6 is 0 Å². The molecule has 0 saturated heterocycles. The molecule has 0 aliphatic carbocycles. The van der Waals surface area contributed by atoms with E-state index in [-0.39, 0.29) is 0 Å². The topological polar surface area (TPSA) is 24.6 Å². The molecule has 0 aliphatic rings. The van der Waals surface area contributed by atoms with Crippen molar-refractivity contribution in [3.63, 3.8) is 0 Å². The predicted octanol–water partition coefficient (Wildman–Crippen LogP) is 31.2. The van der Waals surface area contributed by atoms with Gasteiger partial charge in [0.25, 0.3) is 0 Å². The van der Waals surface area contributed by atoms with E-state index in [4.69, 9.17) is 0 Å². The van der Waals surface area contributed by atoms with Crippen molar-refractivity contribution in [2.45, 2.75) is 34.6 Å². The summed E-state index contributed by atoms with van der Waals surface area (Å²) in [5, 5.41) is 26.1. The van der Waals surface area contributed by atoms with Crippen LogP contribution in [0.25, 0.3) is 191 Å². The molecule has 0 atom stereocenters. The van der Waals surface area contributed by atoms with Crippen LogP contribution in [0.3, 0.4) is 0 Å². The molecule has 0 aliphatic heterocycles. The second kappa shape index (κ2) is 30.4. The Morgan fingerprint density at radius 1 is 0.125 bits per heavy atom. The Morgan fingerprint density at radius 2 is 0.392 bits per heavy atom. The Kier molecular flexibility index (Phi) is 18.3. The standard InChI is InChI=1S/5C23H17N/c1-16-7-6-9-18(15-16)24-21-12-5-4-11-20(21)23-19-10-3-2-8-17(19)13-14-22(23)24;1-16-7-6-10-19(13-16)24-22-12-5-4-11-20(22)21-14-17-8-2-3-9-18(17)15-23(21)24;1-16-10-12-19(13-11-16)24-22-9-5-4-8-20(22)21-14-17-6-2-3-7-18(17)15-23(21)24;1-16-11-12-22-20(13-16)21-14-17-7-5-6-8-18(17)15-23(21)24(22)19-9-3-2-4-10-19;1-16-11-13-21-20(15-16)23-19-10-6-5-7-17(19)12-14-22(23)24(21)18-8-3-2-4-9-18/h5*2-15H,1H3. The SMILES string of the molecule is Cc1ccc(-n2c3ccccc3c3cc4ccccc4cc32)cc1.Cc1ccc2c(c1)c1c3ccccc3ccc1n2-c1ccccc1.Cc1ccc2c(c1)c1cc3ccccc3cc1n2-c1ccccc1.Cc1cccc(-n2c3ccccc3c3c4ccccc4ccc32)c1.Cc1cccc(-n2c3ccccc3c3cc4ccccc4cc32)c1. The number of hydrogen-bond acceptors (Lipinski definition) is 0. The van der Waals surface area contributed by atoms with Gasteiger partial charge in [-0.25, -0.2) is 0 Å². The minimum absolute atomic E-state index is 1.21. The number of rotatable bonds is 5. The summed E-state index contributed by atoms with van der Waals surface area (Å²) in [6, 6.07) is 153. The number of hydrogen-bond donors (Lipinski definition) is 0. The van der Waals surface area contributed by atoms with Crippen molar-refractivity contribution < 1.29 is 0 Å². The average molecular weight is 1540 g/mol. The minimum atomic E-state index is 1.21. The Balaban J connectivity index is 0.0000000928. The van der Waals surface area contributed by atoms with Crippen LogP contribution in [0.5, 0.6) is 0 Å². The summed E-state index contributed by atoms with van der Waals surface area (Å²) in [4.78, 5) is 0. The van der Waals surface area contributed by atoms with Crippen molar-refractivity contribution in [3.05, 3.63) is 452 Å². The predicted molar refractivity (Wildman–Crippen MR) is 515 cm³/mol. The zero-order valence-electron chi connectivity index (χ0n) is 67.7. The first kappa shape index (κ1) is 72.4. The molecule has 120 heavy (non-hydrogen) atoms. The Hall–Kier alpha value is -15.3. The van der Waals surface area contributed by atoms with Crippen molar-refractivity contribution in [1.29, 1.82) is 0 Å². The van der Waals surface area contributed by atoms with E-state index in [1.165, 1.54) is 219 Å². The number of fused-ring (bicyclic) bond motifs is 22. The summed E-state index contributed by atoms with van der Waals surface area (Å²) in [5.74, 6) is 0. The van der Waals surface area contributed by atoms with Gasteiger partial charge >= 0.3 is 0 Å². The van der Waals surface area contributed by atoms with E-state index in [9.17, 15) is 0 Å². The fourth-order valence-electron chi connectivity index (χ4n) is 18.5. The summed E-state index contributed by atoms with van der Waals surface area (Å²) in [6.07, 6.45) is 0. The highest BCUT2D eigenvalue weighted by Gasteiger charge is 2.20. The van der Waals surface area contributed by atoms with Crippen LogP contribution in [-0.2, 0) is 0 Å². The van der Waals surface area contributed by atoms with E-state index in [1.807, 2.05) is 0 Å². The highest BCUT2D eigenvalue weighted by molar-refractivity contribution is 6.23. The normalized spacial score (nSPS) is 11.5. The van der Waals surface area contributed by atoms with Crippen LogP contribution < -0.4 is 0 Å². The van der Waals surface area contributed by atoms with Crippen LogP contribution in [0.15, 0.2) is 425 Å². The molecule has 5 aromatic heterocycles. The lowest BCUT2D eigenvalue weighted by molar-refractivity contribution is 1.17. The first-order chi connectivity index (χ1) is 59.1. The fourth-order valence-corrected chi connectivity index (χ4v) is 18.5. The average Bonchev–Trinajstić information content (AvgIpc) is 1.65. The van der Waals surface area contributed by atoms with Crippen LogP contribution in [0.1, 0.15) is 27.8 Å². The lowest BCUT2D eigenvalue weighted by Gasteiger charge is -2.09. The number of para-hydroxylation sites is 5. The maximum absolute atomic E-state index is 2.38. The number of aromatic nitrogens is 5. The van der Waals surface area contributed by atoms with Gasteiger partial charge in [-0.3, -0.25) is 0 Å². The van der Waals surface area contributed by atoms with E-state index < -0.39 is 0 Å². The summed E-state index contributed by atoms with van der Waals surface area (Å²) < 4.78 is 11.9. The van der Waals surface area contributed by atoms with E-state index in [2.05, 4.69) is 482 Å². The van der Waals surface area contributed by atoms with E-state index in [0.717, 1.165) is 0 Å². The van der Waals surface area contributed by atoms with Gasteiger partial charge in [-0.15, -0.1) is 0 Å². The second-order valence-corrected chi connectivity index (χ2v) is 32.0. The molecule has 0 radical (unpaired) electrons. The maximum Gasteiger partial charge on any atom is 0.0547 e. The van der Waals surface area contributed by atoms with Crippen molar-refractivity contribution in [3.8, 4) is 28.4 Å². The van der Waals surface area contributed by atoms with Gasteiger partial charge in [-0.05, 0) is 251 Å². The molecule has 0 spiro atoms. The van der Waals surface area contributed by atoms with Crippen molar-refractivity contribution in [1.82, 2.24) is 22.8 Å². The van der Waals surface area contributed by atoms with Gasteiger partial charge in [0.05, 0.1) is 55.2 Å². The van der Waals surface area contributed by atoms with Crippen LogP contribution in [-0.4, -0.2) is 22.8 Å². The monoisotopic (exact) mass is 1540 g/mol. The van der Waals surface area contributed by atoms with Crippen molar-refractivity contribution in [2.24, 2.45) is 0 Å². The van der Waals surface area contributed by atoms with Crippen molar-refractivity contribution >= 4 is 163 Å². The largest absolute Gasteiger partial charge is 0.309 e. The molecule has 0 saturated carbocycles. The van der Waals surface area contributed by atoms with E-state index >= 15 is 0 Å². The number of benzene rings is 20. The summed E-state index contributed by atoms with van der Waals surface area (Å²) in [7, 11) is 0. The zero-order valence-corrected chi connectivity index (χ0v) is 67.7. The van der Waals surface area contributed by atoms with Crippen LogP contribution in [0, 0.1) is 34.6 Å². The first-order valence-electron chi connectivity index (χ1n) is 41.5. The lowest BCUT2D eigenvalue weighted by Crippen LogP contribution is -1.94. The number of aryl methyl sites for hydroxylation is 5. The molecular formula is C115H85N5. The summed E-state index contributed by atoms with van der Waals surface area (Å²) >= 11 is 0. The van der Waals surface area contributed by atoms with Gasteiger partial charge in [0.2, 0.25) is 0 Å². The summed E-state index contributed by atoms with van der Waals surface area (Å²) in [5.41, 5.74) is 25.1. The minimum Gasteiger partial charge on any atom is -0.309 e. The Labute approximate surface area is 696 Å². The molecule has 0 N–H and O–H groups in total. The zero-order chi connectivity index (χ0) is 80.5. The van der Waals surface area contributed by atoms with Gasteiger partial charge in [0.15, 0.2) is 0 Å². The molecule has 25 rings (SSSR count). The molecule has 0 unspecified atom stereocenters. The summed E-state index contributed by atoms with van der Waals surface area (Å²) in [6.45, 7) is 10.7. The van der Waals surface area contributed by atoms with Gasteiger partial charge in [0, 0.05) is 82.3 Å². The van der Waals surface area contributed by atoms with Gasteiger partial charge in [0.1, 0.15) is 0 Å². The molecule has 0 amide bonds. The highest BCUT2D eigenvalue weighted by atomic mass is 15.0. The lowest BCUT2D eigenvalue weighted by atomic mass is 10.0. The smallest absolute Gasteiger partial charge is 0.0547 e. The Morgan fingerprint density at radius 3 is 0.833 bits per heavy atom. The molecule has 570 valence electrons. The quantitative estimate of drug-likeness (QED) is 0.164. The molecular weight excluding hydrogens is 1450 g/mol. The van der Waals surface area contributed by atoms with Gasteiger partial charge in [-0.2, -0.15) is 0 Å². The fraction of sp³-hybridized carbons (Fsp3) is 0.0435. The van der Waals surface area contributed by atoms with Gasteiger partial charge in [-0.1, -0.05) is 290 Å². The number of nitrogens with zero attached hydrogens (tertiary/aromatic N) is 5. The molecule has 0 bridgehead atoms. The van der Waals surface area contributed by atoms with E-state index in [1.54, 1.807) is 0 Å². The third-order valence-corrected chi connectivity index (χ3v) is 24.1. The second-order valence-electron chi connectivity index (χ2n) is 32.0. The maximum atomic E-state index is 2.38. The Bertz CT molecular complexity index is 8170. The third-order valence-electron chi connectivity index (χ3n) is 24.1. The highest BCUT2D eigenvalue weighted by Crippen LogP contribution is 2.43.